The van der Waals surface area contributed by atoms with Gasteiger partial charge in [0.05, 0.1) is 12.8 Å². The predicted octanol–water partition coefficient (Wildman–Crippen LogP) is 4.94. The topological polar surface area (TPSA) is 21.3 Å². The first kappa shape index (κ1) is 13.9. The lowest BCUT2D eigenvalue weighted by molar-refractivity contribution is 0.415. The van der Waals surface area contributed by atoms with Gasteiger partial charge in [0.15, 0.2) is 0 Å². The van der Waals surface area contributed by atoms with Crippen LogP contribution in [0.2, 0.25) is 0 Å². The molecule has 0 radical (unpaired) electrons. The predicted molar refractivity (Wildman–Crippen MR) is 83.9 cm³/mol. The number of methoxy groups -OCH3 is 1. The Bertz CT molecular complexity index is 554. The van der Waals surface area contributed by atoms with E-state index in [1.165, 1.54) is 5.56 Å². The van der Waals surface area contributed by atoms with E-state index in [4.69, 9.17) is 4.74 Å². The van der Waals surface area contributed by atoms with Crippen molar-refractivity contribution in [2.75, 3.05) is 12.4 Å². The molecule has 1 atom stereocenters. The van der Waals surface area contributed by atoms with E-state index in [9.17, 15) is 0 Å². The molecular formula is C16H18BrNO. The van der Waals surface area contributed by atoms with Crippen LogP contribution < -0.4 is 10.1 Å². The van der Waals surface area contributed by atoms with Gasteiger partial charge in [0.2, 0.25) is 0 Å². The van der Waals surface area contributed by atoms with Crippen molar-refractivity contribution in [1.29, 1.82) is 0 Å². The van der Waals surface area contributed by atoms with Gasteiger partial charge in [-0.25, -0.2) is 0 Å². The Hall–Kier alpha value is -1.48. The number of ether oxygens (including phenoxy) is 1. The molecule has 19 heavy (non-hydrogen) atoms. The number of nitrogens with one attached hydrogen (secondary N) is 1. The molecule has 0 aliphatic heterocycles. The average Bonchev–Trinajstić information content (AvgIpc) is 2.42. The van der Waals surface area contributed by atoms with Crippen LogP contribution in [0.25, 0.3) is 0 Å². The SMILES string of the molecule is COc1cc(Br)cc(C)c1NC(C)c1ccccc1. The Balaban J connectivity index is 2.28. The van der Waals surface area contributed by atoms with E-state index in [-0.39, 0.29) is 6.04 Å². The van der Waals surface area contributed by atoms with E-state index in [0.29, 0.717) is 0 Å². The van der Waals surface area contributed by atoms with E-state index in [1.54, 1.807) is 7.11 Å². The monoisotopic (exact) mass is 319 g/mol. The highest BCUT2D eigenvalue weighted by atomic mass is 79.9. The Morgan fingerprint density at radius 1 is 1.16 bits per heavy atom. The molecule has 1 unspecified atom stereocenters. The third-order valence-corrected chi connectivity index (χ3v) is 3.60. The van der Waals surface area contributed by atoms with Crippen molar-refractivity contribution in [3.8, 4) is 5.75 Å². The highest BCUT2D eigenvalue weighted by molar-refractivity contribution is 9.10. The van der Waals surface area contributed by atoms with Gasteiger partial charge >= 0.3 is 0 Å². The van der Waals surface area contributed by atoms with Gasteiger partial charge in [-0.2, -0.15) is 0 Å². The molecule has 0 aliphatic carbocycles. The summed E-state index contributed by atoms with van der Waals surface area (Å²) in [7, 11) is 1.69. The van der Waals surface area contributed by atoms with Crippen LogP contribution in [0.3, 0.4) is 0 Å². The highest BCUT2D eigenvalue weighted by Crippen LogP contribution is 2.34. The van der Waals surface area contributed by atoms with Crippen molar-refractivity contribution < 1.29 is 4.74 Å². The summed E-state index contributed by atoms with van der Waals surface area (Å²) in [4.78, 5) is 0. The lowest BCUT2D eigenvalue weighted by Crippen LogP contribution is -2.08. The van der Waals surface area contributed by atoms with Gasteiger partial charge in [0.25, 0.3) is 0 Å². The molecule has 2 aromatic carbocycles. The summed E-state index contributed by atoms with van der Waals surface area (Å²) in [6.45, 7) is 4.23. The molecule has 0 aromatic heterocycles. The summed E-state index contributed by atoms with van der Waals surface area (Å²) < 4.78 is 6.48. The zero-order valence-corrected chi connectivity index (χ0v) is 13.0. The molecule has 0 fully saturated rings. The van der Waals surface area contributed by atoms with Gasteiger partial charge in [-0.15, -0.1) is 0 Å². The molecule has 0 bridgehead atoms. The number of rotatable bonds is 4. The number of aryl methyl sites for hydroxylation is 1. The van der Waals surface area contributed by atoms with Crippen molar-refractivity contribution in [1.82, 2.24) is 0 Å². The molecule has 100 valence electrons. The van der Waals surface area contributed by atoms with Gasteiger partial charge in [-0.1, -0.05) is 46.3 Å². The number of benzene rings is 2. The maximum Gasteiger partial charge on any atom is 0.143 e. The first-order valence-electron chi connectivity index (χ1n) is 6.27. The average molecular weight is 320 g/mol. The van der Waals surface area contributed by atoms with Crippen molar-refractivity contribution >= 4 is 21.6 Å². The van der Waals surface area contributed by atoms with E-state index in [2.05, 4.69) is 65.4 Å². The highest BCUT2D eigenvalue weighted by Gasteiger charge is 2.12. The normalized spacial score (nSPS) is 12.0. The van der Waals surface area contributed by atoms with Gasteiger partial charge in [-0.3, -0.25) is 0 Å². The van der Waals surface area contributed by atoms with Crippen LogP contribution in [0, 0.1) is 6.92 Å². The lowest BCUT2D eigenvalue weighted by Gasteiger charge is -2.20. The number of hydrogen-bond donors (Lipinski definition) is 1. The van der Waals surface area contributed by atoms with Crippen LogP contribution in [0.1, 0.15) is 24.1 Å². The fourth-order valence-corrected chi connectivity index (χ4v) is 2.65. The van der Waals surface area contributed by atoms with Crippen LogP contribution in [-0.2, 0) is 0 Å². The third-order valence-electron chi connectivity index (χ3n) is 3.14. The second kappa shape index (κ2) is 6.11. The maximum absolute atomic E-state index is 5.45. The number of halogens is 1. The van der Waals surface area contributed by atoms with E-state index in [1.807, 2.05) is 12.1 Å². The summed E-state index contributed by atoms with van der Waals surface area (Å²) in [5.41, 5.74) is 3.46. The molecule has 0 amide bonds. The first-order chi connectivity index (χ1) is 9.11. The van der Waals surface area contributed by atoms with Crippen molar-refractivity contribution in [3.05, 3.63) is 58.1 Å². The summed E-state index contributed by atoms with van der Waals surface area (Å²) >= 11 is 3.49. The van der Waals surface area contributed by atoms with Crippen molar-refractivity contribution in [2.24, 2.45) is 0 Å². The largest absolute Gasteiger partial charge is 0.495 e. The molecular weight excluding hydrogens is 302 g/mol. The van der Waals surface area contributed by atoms with E-state index < -0.39 is 0 Å². The lowest BCUT2D eigenvalue weighted by atomic mass is 10.1. The Kier molecular flexibility index (Phi) is 4.48. The summed E-state index contributed by atoms with van der Waals surface area (Å²) in [6.07, 6.45) is 0. The second-order valence-corrected chi connectivity index (χ2v) is 5.49. The molecule has 1 N–H and O–H groups in total. The Morgan fingerprint density at radius 2 is 1.84 bits per heavy atom. The van der Waals surface area contributed by atoms with E-state index >= 15 is 0 Å². The molecule has 0 saturated heterocycles. The quantitative estimate of drug-likeness (QED) is 0.861. The minimum Gasteiger partial charge on any atom is -0.495 e. The molecule has 0 heterocycles. The van der Waals surface area contributed by atoms with Gasteiger partial charge in [-0.05, 0) is 37.1 Å². The number of anilines is 1. The zero-order valence-electron chi connectivity index (χ0n) is 11.4. The van der Waals surface area contributed by atoms with E-state index in [0.717, 1.165) is 21.5 Å². The summed E-state index contributed by atoms with van der Waals surface area (Å²) in [5, 5.41) is 3.53. The van der Waals surface area contributed by atoms with Crippen LogP contribution in [0.15, 0.2) is 46.9 Å². The maximum atomic E-state index is 5.45. The van der Waals surface area contributed by atoms with Crippen molar-refractivity contribution in [2.45, 2.75) is 19.9 Å². The minimum atomic E-state index is 0.231. The van der Waals surface area contributed by atoms with Gasteiger partial charge in [0.1, 0.15) is 5.75 Å². The zero-order chi connectivity index (χ0) is 13.8. The van der Waals surface area contributed by atoms with Crippen molar-refractivity contribution in [3.63, 3.8) is 0 Å². The molecule has 2 aromatic rings. The molecule has 2 nitrogen and oxygen atoms in total. The summed E-state index contributed by atoms with van der Waals surface area (Å²) in [5.74, 6) is 0.856. The molecule has 0 aliphatic rings. The molecule has 0 spiro atoms. The van der Waals surface area contributed by atoms with Gasteiger partial charge in [0, 0.05) is 10.5 Å². The van der Waals surface area contributed by atoms with Crippen LogP contribution >= 0.6 is 15.9 Å². The van der Waals surface area contributed by atoms with Crippen LogP contribution in [0.4, 0.5) is 5.69 Å². The molecule has 0 saturated carbocycles. The first-order valence-corrected chi connectivity index (χ1v) is 7.06. The summed E-state index contributed by atoms with van der Waals surface area (Å²) in [6, 6.07) is 14.7. The fraction of sp³-hybridized carbons (Fsp3) is 0.250. The molecule has 3 heteroatoms. The van der Waals surface area contributed by atoms with Crippen LogP contribution in [-0.4, -0.2) is 7.11 Å². The van der Waals surface area contributed by atoms with Crippen LogP contribution in [0.5, 0.6) is 5.75 Å². The Labute approximate surface area is 122 Å². The fourth-order valence-electron chi connectivity index (χ4n) is 2.10. The van der Waals surface area contributed by atoms with Gasteiger partial charge < -0.3 is 10.1 Å². The molecule has 2 rings (SSSR count). The Morgan fingerprint density at radius 3 is 2.47 bits per heavy atom. The second-order valence-electron chi connectivity index (χ2n) is 4.58. The standard InChI is InChI=1S/C16H18BrNO/c1-11-9-14(17)10-15(19-3)16(11)18-12(2)13-7-5-4-6-8-13/h4-10,12,18H,1-3H3. The number of hydrogen-bond acceptors (Lipinski definition) is 2. The third kappa shape index (κ3) is 3.29. The smallest absolute Gasteiger partial charge is 0.143 e. The minimum absolute atomic E-state index is 0.231.